The van der Waals surface area contributed by atoms with Crippen LogP contribution in [0.5, 0.6) is 0 Å². The summed E-state index contributed by atoms with van der Waals surface area (Å²) in [5.41, 5.74) is 0. The highest BCUT2D eigenvalue weighted by molar-refractivity contribution is 7.91. The van der Waals surface area contributed by atoms with Crippen LogP contribution in [0.1, 0.15) is 19.8 Å². The molecule has 1 fully saturated rings. The van der Waals surface area contributed by atoms with Crippen molar-refractivity contribution in [2.75, 3.05) is 19.5 Å². The number of hydrogen-bond donors (Lipinski definition) is 1. The van der Waals surface area contributed by atoms with Gasteiger partial charge in [-0.1, -0.05) is 0 Å². The van der Waals surface area contributed by atoms with E-state index < -0.39 is 21.2 Å². The van der Waals surface area contributed by atoms with Gasteiger partial charge in [0.25, 0.3) is 0 Å². The Bertz CT molecular complexity index is 267. The average molecular weight is 222 g/mol. The summed E-state index contributed by atoms with van der Waals surface area (Å²) < 4.78 is 27.6. The first-order valence-electron chi connectivity index (χ1n) is 4.87. The number of sulfone groups is 1. The summed E-state index contributed by atoms with van der Waals surface area (Å²) in [7, 11) is -3.16. The summed E-state index contributed by atoms with van der Waals surface area (Å²) in [6.45, 7) is 2.74. The zero-order valence-electron chi connectivity index (χ0n) is 8.64. The molecule has 0 aromatic carbocycles. The molecule has 0 aliphatic carbocycles. The van der Waals surface area contributed by atoms with E-state index >= 15 is 0 Å². The molecule has 84 valence electrons. The van der Waals surface area contributed by atoms with Gasteiger partial charge in [0.2, 0.25) is 0 Å². The fraction of sp³-hybridized carbons (Fsp3) is 1.00. The van der Waals surface area contributed by atoms with Gasteiger partial charge in [0, 0.05) is 18.8 Å². The van der Waals surface area contributed by atoms with Gasteiger partial charge in [-0.3, -0.25) is 0 Å². The molecule has 1 aliphatic rings. The molecule has 1 rings (SSSR count). The third-order valence-electron chi connectivity index (χ3n) is 2.83. The highest BCUT2D eigenvalue weighted by atomic mass is 32.2. The van der Waals surface area contributed by atoms with E-state index in [1.807, 2.05) is 0 Å². The van der Waals surface area contributed by atoms with Crippen LogP contribution in [-0.4, -0.2) is 44.3 Å². The highest BCUT2D eigenvalue weighted by Gasteiger charge is 2.32. The minimum atomic E-state index is -3.16. The summed E-state index contributed by atoms with van der Waals surface area (Å²) in [5.74, 6) is -0.0338. The van der Waals surface area contributed by atoms with E-state index in [4.69, 9.17) is 4.74 Å². The summed E-state index contributed by atoms with van der Waals surface area (Å²) in [4.78, 5) is 0. The third-order valence-corrected chi connectivity index (χ3v) is 4.46. The molecule has 0 amide bonds. The van der Waals surface area contributed by atoms with E-state index in [2.05, 4.69) is 0 Å². The van der Waals surface area contributed by atoms with Crippen molar-refractivity contribution in [2.45, 2.75) is 31.1 Å². The van der Waals surface area contributed by atoms with Crippen LogP contribution in [-0.2, 0) is 14.6 Å². The van der Waals surface area contributed by atoms with Crippen molar-refractivity contribution in [2.24, 2.45) is 5.92 Å². The van der Waals surface area contributed by atoms with Crippen molar-refractivity contribution in [1.29, 1.82) is 0 Å². The van der Waals surface area contributed by atoms with E-state index in [-0.39, 0.29) is 5.92 Å². The van der Waals surface area contributed by atoms with Crippen LogP contribution in [0.25, 0.3) is 0 Å². The molecular weight excluding hydrogens is 204 g/mol. The molecule has 0 bridgehead atoms. The van der Waals surface area contributed by atoms with Crippen LogP contribution < -0.4 is 0 Å². The Morgan fingerprint density at radius 2 is 2.14 bits per heavy atom. The second-order valence-electron chi connectivity index (χ2n) is 4.00. The maximum absolute atomic E-state index is 11.2. The molecule has 0 radical (unpaired) electrons. The van der Waals surface area contributed by atoms with Gasteiger partial charge in [-0.05, 0) is 19.8 Å². The zero-order chi connectivity index (χ0) is 10.8. The smallest absolute Gasteiger partial charge is 0.152 e. The molecule has 0 saturated carbocycles. The Kier molecular flexibility index (Phi) is 3.92. The number of aliphatic hydroxyl groups is 1. The Hall–Kier alpha value is -0.130. The minimum Gasteiger partial charge on any atom is -0.391 e. The molecule has 14 heavy (non-hydrogen) atoms. The van der Waals surface area contributed by atoms with E-state index in [0.29, 0.717) is 6.61 Å². The van der Waals surface area contributed by atoms with Crippen LogP contribution in [0.3, 0.4) is 0 Å². The monoisotopic (exact) mass is 222 g/mol. The Balaban J connectivity index is 2.59. The Morgan fingerprint density at radius 3 is 2.57 bits per heavy atom. The lowest BCUT2D eigenvalue weighted by atomic mass is 9.94. The van der Waals surface area contributed by atoms with Crippen molar-refractivity contribution < 1.29 is 18.3 Å². The summed E-state index contributed by atoms with van der Waals surface area (Å²) in [5, 5.41) is 9.12. The quantitative estimate of drug-likeness (QED) is 0.741. The molecule has 5 heteroatoms. The number of hydrogen-bond acceptors (Lipinski definition) is 4. The second-order valence-corrected chi connectivity index (χ2v) is 6.41. The fourth-order valence-electron chi connectivity index (χ4n) is 1.67. The van der Waals surface area contributed by atoms with Crippen LogP contribution in [0.15, 0.2) is 0 Å². The van der Waals surface area contributed by atoms with Gasteiger partial charge in [-0.2, -0.15) is 0 Å². The highest BCUT2D eigenvalue weighted by Crippen LogP contribution is 2.22. The van der Waals surface area contributed by atoms with Gasteiger partial charge in [0.1, 0.15) is 0 Å². The maximum atomic E-state index is 11.2. The van der Waals surface area contributed by atoms with Crippen LogP contribution in [0, 0.1) is 5.92 Å². The van der Waals surface area contributed by atoms with Crippen molar-refractivity contribution in [1.82, 2.24) is 0 Å². The van der Waals surface area contributed by atoms with E-state index in [1.165, 1.54) is 0 Å². The van der Waals surface area contributed by atoms with E-state index in [0.717, 1.165) is 25.7 Å². The van der Waals surface area contributed by atoms with Crippen LogP contribution in [0.2, 0.25) is 0 Å². The van der Waals surface area contributed by atoms with Crippen molar-refractivity contribution in [3.63, 3.8) is 0 Å². The lowest BCUT2D eigenvalue weighted by Crippen LogP contribution is -2.40. The normalized spacial score (nSPS) is 28.4. The van der Waals surface area contributed by atoms with Gasteiger partial charge < -0.3 is 9.84 Å². The Labute approximate surface area is 85.2 Å². The average Bonchev–Trinajstić information content (AvgIpc) is 2.15. The molecular formula is C9H18O4S. The molecule has 1 heterocycles. The van der Waals surface area contributed by atoms with E-state index in [9.17, 15) is 13.5 Å². The van der Waals surface area contributed by atoms with Gasteiger partial charge in [0.15, 0.2) is 9.84 Å². The second kappa shape index (κ2) is 4.59. The standard InChI is InChI=1S/C9H18O4S/c1-7(14(2,11)12)9(10)8-4-3-5-13-6-8/h7-10H,3-6H2,1-2H3. The van der Waals surface area contributed by atoms with Crippen molar-refractivity contribution >= 4 is 9.84 Å². The molecule has 0 spiro atoms. The van der Waals surface area contributed by atoms with Gasteiger partial charge in [0.05, 0.1) is 18.0 Å². The molecule has 3 unspecified atom stereocenters. The first-order chi connectivity index (χ1) is 6.43. The maximum Gasteiger partial charge on any atom is 0.152 e. The largest absolute Gasteiger partial charge is 0.391 e. The predicted molar refractivity (Wildman–Crippen MR) is 53.9 cm³/mol. The van der Waals surface area contributed by atoms with E-state index in [1.54, 1.807) is 6.92 Å². The predicted octanol–water partition coefficient (Wildman–Crippen LogP) is 0.207. The Morgan fingerprint density at radius 1 is 1.50 bits per heavy atom. The lowest BCUT2D eigenvalue weighted by molar-refractivity contribution is -0.00860. The molecule has 1 N–H and O–H groups in total. The zero-order valence-corrected chi connectivity index (χ0v) is 9.46. The number of rotatable bonds is 3. The van der Waals surface area contributed by atoms with Crippen LogP contribution in [0.4, 0.5) is 0 Å². The molecule has 4 nitrogen and oxygen atoms in total. The number of aliphatic hydroxyl groups excluding tert-OH is 1. The third kappa shape index (κ3) is 2.93. The summed E-state index contributed by atoms with van der Waals surface area (Å²) in [6.07, 6.45) is 2.11. The molecule has 0 aromatic heterocycles. The fourth-order valence-corrected chi connectivity index (χ4v) is 2.40. The lowest BCUT2D eigenvalue weighted by Gasteiger charge is -2.29. The van der Waals surface area contributed by atoms with Crippen LogP contribution >= 0.6 is 0 Å². The SMILES string of the molecule is CC(C(O)C1CCCOC1)S(C)(=O)=O. The van der Waals surface area contributed by atoms with Gasteiger partial charge in [-0.25, -0.2) is 8.42 Å². The van der Waals surface area contributed by atoms with Gasteiger partial charge >= 0.3 is 0 Å². The summed E-state index contributed by atoms with van der Waals surface area (Å²) >= 11 is 0. The first kappa shape index (κ1) is 11.9. The topological polar surface area (TPSA) is 63.6 Å². The molecule has 0 aromatic rings. The molecule has 3 atom stereocenters. The van der Waals surface area contributed by atoms with Crippen molar-refractivity contribution in [3.8, 4) is 0 Å². The molecule has 1 aliphatic heterocycles. The number of ether oxygens (including phenoxy) is 1. The summed E-state index contributed by atoms with van der Waals surface area (Å²) in [6, 6.07) is 0. The minimum absolute atomic E-state index is 0.0338. The van der Waals surface area contributed by atoms with Crippen molar-refractivity contribution in [3.05, 3.63) is 0 Å². The first-order valence-corrected chi connectivity index (χ1v) is 6.83. The molecule has 1 saturated heterocycles. The van der Waals surface area contributed by atoms with Gasteiger partial charge in [-0.15, -0.1) is 0 Å².